The average molecular weight is 1400 g/mol. The van der Waals surface area contributed by atoms with Crippen molar-refractivity contribution in [2.24, 2.45) is 0 Å². The van der Waals surface area contributed by atoms with Crippen LogP contribution in [-0.2, 0) is 65.4 Å². The third-order valence-corrected chi connectivity index (χ3v) is 18.3. The Morgan fingerprint density at radius 2 is 0.510 bits per heavy atom. The lowest BCUT2D eigenvalue weighted by Crippen LogP contribution is -2.30. The highest BCUT2D eigenvalue weighted by atomic mass is 31.2. The Labute approximate surface area is 584 Å². The molecule has 0 bridgehead atoms. The van der Waals surface area contributed by atoms with E-state index in [1.54, 1.807) is 0 Å². The molecule has 560 valence electrons. The van der Waals surface area contributed by atoms with E-state index in [-0.39, 0.29) is 25.7 Å². The van der Waals surface area contributed by atoms with E-state index in [9.17, 15) is 43.2 Å². The largest absolute Gasteiger partial charge is 0.472 e. The van der Waals surface area contributed by atoms with Crippen molar-refractivity contribution in [1.29, 1.82) is 0 Å². The number of allylic oxidation sites excluding steroid dienone is 10. The van der Waals surface area contributed by atoms with Crippen LogP contribution >= 0.6 is 15.6 Å². The van der Waals surface area contributed by atoms with Crippen molar-refractivity contribution >= 4 is 39.5 Å². The monoisotopic (exact) mass is 1400 g/mol. The normalized spacial score (nSPS) is 14.3. The second kappa shape index (κ2) is 70.2. The van der Waals surface area contributed by atoms with Crippen LogP contribution in [0.4, 0.5) is 0 Å². The third-order valence-electron chi connectivity index (χ3n) is 16.4. The van der Waals surface area contributed by atoms with Gasteiger partial charge in [-0.1, -0.05) is 249 Å². The van der Waals surface area contributed by atoms with Gasteiger partial charge in [0.25, 0.3) is 0 Å². The van der Waals surface area contributed by atoms with Crippen LogP contribution < -0.4 is 0 Å². The highest BCUT2D eigenvalue weighted by molar-refractivity contribution is 7.47. The molecule has 0 aliphatic heterocycles. The SMILES string of the molecule is CCCCC/C=C\C/C=C\CCCCCCCC(=O)O[C@H](COC(=O)CCCCCCC/C=C\CCCCCCCC)COP(=O)(O)OC[C@@H](O)COP(=O)(O)OC[C@@H](COC(=O)CCCCCCC/C=C\CCCCCC)OC(=O)CCCCCCC/C=C\CCCCCC. The Balaban J connectivity index is 5.34. The molecule has 3 N–H and O–H groups in total. The maximum atomic E-state index is 13.1. The average Bonchev–Trinajstić information content (AvgIpc) is 1.43. The van der Waals surface area contributed by atoms with Crippen molar-refractivity contribution in [3.63, 3.8) is 0 Å². The summed E-state index contributed by atoms with van der Waals surface area (Å²) < 4.78 is 68.4. The molecule has 0 heterocycles. The van der Waals surface area contributed by atoms with Crippen LogP contribution in [0.2, 0.25) is 0 Å². The maximum Gasteiger partial charge on any atom is 0.472 e. The van der Waals surface area contributed by atoms with E-state index in [0.717, 1.165) is 161 Å². The van der Waals surface area contributed by atoms with Gasteiger partial charge in [-0.05, 0) is 135 Å². The molecule has 0 rings (SSSR count). The van der Waals surface area contributed by atoms with Gasteiger partial charge in [-0.3, -0.25) is 37.3 Å². The second-order valence-corrected chi connectivity index (χ2v) is 28.8. The van der Waals surface area contributed by atoms with Crippen molar-refractivity contribution in [1.82, 2.24) is 0 Å². The minimum atomic E-state index is -4.97. The molecular formula is C77H140O17P2. The zero-order valence-electron chi connectivity index (χ0n) is 61.1. The van der Waals surface area contributed by atoms with Gasteiger partial charge in [0.1, 0.15) is 19.3 Å². The molecule has 0 saturated heterocycles. The van der Waals surface area contributed by atoms with Crippen LogP contribution in [0.5, 0.6) is 0 Å². The fourth-order valence-corrected chi connectivity index (χ4v) is 12.0. The molecule has 0 saturated carbocycles. The van der Waals surface area contributed by atoms with Gasteiger partial charge < -0.3 is 33.8 Å². The molecule has 0 aromatic heterocycles. The lowest BCUT2D eigenvalue weighted by Gasteiger charge is -2.21. The summed E-state index contributed by atoms with van der Waals surface area (Å²) in [7, 11) is -9.94. The highest BCUT2D eigenvalue weighted by Crippen LogP contribution is 2.45. The van der Waals surface area contributed by atoms with E-state index in [0.29, 0.717) is 25.7 Å². The molecule has 2 unspecified atom stereocenters. The number of esters is 4. The van der Waals surface area contributed by atoms with Gasteiger partial charge in [0.15, 0.2) is 12.2 Å². The number of rotatable bonds is 73. The predicted molar refractivity (Wildman–Crippen MR) is 390 cm³/mol. The van der Waals surface area contributed by atoms with Crippen LogP contribution in [0, 0.1) is 0 Å². The molecule has 0 aromatic carbocycles. The fourth-order valence-electron chi connectivity index (χ4n) is 10.5. The number of unbranched alkanes of at least 4 members (excludes halogenated alkanes) is 37. The second-order valence-electron chi connectivity index (χ2n) is 25.9. The van der Waals surface area contributed by atoms with Gasteiger partial charge in [-0.15, -0.1) is 0 Å². The number of aliphatic hydroxyl groups excluding tert-OH is 1. The van der Waals surface area contributed by atoms with Crippen LogP contribution in [0.25, 0.3) is 0 Å². The molecule has 19 heteroatoms. The number of carbonyl (C=O) groups excluding carboxylic acids is 4. The summed E-state index contributed by atoms with van der Waals surface area (Å²) in [5.41, 5.74) is 0. The number of aliphatic hydroxyl groups is 1. The first-order chi connectivity index (χ1) is 46.7. The zero-order valence-corrected chi connectivity index (χ0v) is 62.8. The summed E-state index contributed by atoms with van der Waals surface area (Å²) in [6.45, 7) is 4.81. The number of phosphoric acid groups is 2. The third kappa shape index (κ3) is 69.2. The van der Waals surface area contributed by atoms with Crippen molar-refractivity contribution < 1.29 is 80.2 Å². The molecule has 0 aromatic rings. The molecule has 0 aliphatic carbocycles. The van der Waals surface area contributed by atoms with Gasteiger partial charge >= 0.3 is 39.5 Å². The first-order valence-corrected chi connectivity index (χ1v) is 41.5. The molecular weight excluding hydrogens is 1260 g/mol. The fraction of sp³-hybridized carbons (Fsp3) is 0.818. The van der Waals surface area contributed by atoms with Gasteiger partial charge in [-0.2, -0.15) is 0 Å². The Morgan fingerprint density at radius 3 is 0.812 bits per heavy atom. The van der Waals surface area contributed by atoms with Crippen molar-refractivity contribution in [3.8, 4) is 0 Å². The smallest absolute Gasteiger partial charge is 0.462 e. The van der Waals surface area contributed by atoms with E-state index in [4.69, 9.17) is 37.0 Å². The minimum Gasteiger partial charge on any atom is -0.462 e. The van der Waals surface area contributed by atoms with E-state index in [1.807, 2.05) is 0 Å². The molecule has 96 heavy (non-hydrogen) atoms. The van der Waals surface area contributed by atoms with Gasteiger partial charge in [0.05, 0.1) is 26.4 Å². The van der Waals surface area contributed by atoms with Gasteiger partial charge in [0, 0.05) is 25.7 Å². The quantitative estimate of drug-likeness (QED) is 0.0169. The maximum absolute atomic E-state index is 13.1. The predicted octanol–water partition coefficient (Wildman–Crippen LogP) is 21.9. The van der Waals surface area contributed by atoms with E-state index >= 15 is 0 Å². The number of phosphoric ester groups is 2. The van der Waals surface area contributed by atoms with Crippen LogP contribution in [0.15, 0.2) is 60.8 Å². The minimum absolute atomic E-state index is 0.0807. The van der Waals surface area contributed by atoms with E-state index < -0.39 is 97.5 Å². The van der Waals surface area contributed by atoms with Crippen molar-refractivity contribution in [2.45, 2.75) is 367 Å². The summed E-state index contributed by atoms with van der Waals surface area (Å²) in [5, 5.41) is 10.6. The first kappa shape index (κ1) is 92.8. The summed E-state index contributed by atoms with van der Waals surface area (Å²) in [5.74, 6) is -2.19. The molecule has 0 spiro atoms. The Morgan fingerprint density at radius 1 is 0.292 bits per heavy atom. The Bertz CT molecular complexity index is 2060. The molecule has 0 fully saturated rings. The van der Waals surface area contributed by atoms with Crippen LogP contribution in [-0.4, -0.2) is 96.7 Å². The zero-order chi connectivity index (χ0) is 70.4. The lowest BCUT2D eigenvalue weighted by molar-refractivity contribution is -0.161. The summed E-state index contributed by atoms with van der Waals surface area (Å²) in [6, 6.07) is 0. The molecule has 0 aliphatic rings. The van der Waals surface area contributed by atoms with Crippen LogP contribution in [0.1, 0.15) is 349 Å². The highest BCUT2D eigenvalue weighted by Gasteiger charge is 2.30. The number of carbonyl (C=O) groups is 4. The molecule has 17 nitrogen and oxygen atoms in total. The number of hydrogen-bond donors (Lipinski definition) is 3. The molecule has 0 radical (unpaired) electrons. The Hall–Kier alpha value is -3.24. The lowest BCUT2D eigenvalue weighted by atomic mass is 10.1. The van der Waals surface area contributed by atoms with Gasteiger partial charge in [-0.25, -0.2) is 9.13 Å². The molecule has 5 atom stereocenters. The van der Waals surface area contributed by atoms with E-state index in [2.05, 4.69) is 88.5 Å². The number of ether oxygens (including phenoxy) is 4. The summed E-state index contributed by atoms with van der Waals surface area (Å²) in [4.78, 5) is 72.8. The van der Waals surface area contributed by atoms with Gasteiger partial charge in [0.2, 0.25) is 0 Å². The summed E-state index contributed by atoms with van der Waals surface area (Å²) in [6.07, 6.45) is 67.7. The van der Waals surface area contributed by atoms with Crippen molar-refractivity contribution in [2.75, 3.05) is 39.6 Å². The van der Waals surface area contributed by atoms with Crippen LogP contribution in [0.3, 0.4) is 0 Å². The summed E-state index contributed by atoms with van der Waals surface area (Å²) >= 11 is 0. The number of hydrogen-bond acceptors (Lipinski definition) is 15. The Kier molecular flexibility index (Phi) is 67.8. The topological polar surface area (TPSA) is 237 Å². The first-order valence-electron chi connectivity index (χ1n) is 38.5. The molecule has 0 amide bonds. The van der Waals surface area contributed by atoms with E-state index in [1.165, 1.54) is 109 Å². The van der Waals surface area contributed by atoms with Crippen molar-refractivity contribution in [3.05, 3.63) is 60.8 Å². The standard InChI is InChI=1S/C77H140O17P2/c1-5-9-13-17-21-25-29-33-35-39-42-46-50-54-58-62-75(80)88-68-73(94-77(82)64-60-56-52-48-44-40-36-34-30-26-22-18-14-10-6-2)70-92-96(85,86)90-66-71(78)65-89-95(83,84)91-69-72(93-76(81)63-59-55-51-47-43-38-32-28-24-20-16-12-8-4)67-87-74(79)61-57-53-49-45-41-37-31-27-23-19-15-11-7-3/h22,26-28,31-36,71-73,78H,5-21,23-25,29-30,37-70H2,1-4H3,(H,83,84)(H,85,86)/b26-22-,31-27-,32-28-,35-33-,36-34-/t71-,72+,73+/m0/s1.